The quantitative estimate of drug-likeness (QED) is 0.804. The van der Waals surface area contributed by atoms with Gasteiger partial charge in [-0.2, -0.15) is 0 Å². The van der Waals surface area contributed by atoms with E-state index in [2.05, 4.69) is 13.8 Å². The summed E-state index contributed by atoms with van der Waals surface area (Å²) in [5, 5.41) is 9.01. The Morgan fingerprint density at radius 3 is 2.56 bits per heavy atom. The fourth-order valence-electron chi connectivity index (χ4n) is 2.09. The van der Waals surface area contributed by atoms with Gasteiger partial charge in [-0.05, 0) is 38.5 Å². The van der Waals surface area contributed by atoms with Crippen LogP contribution in [0.1, 0.15) is 47.0 Å². The molecule has 3 heteroatoms. The Balaban J connectivity index is 2.44. The number of carboxylic acids is 1. The van der Waals surface area contributed by atoms with Crippen molar-refractivity contribution in [3.8, 4) is 0 Å². The average Bonchev–Trinajstić information content (AvgIpc) is 2.19. The zero-order valence-electron chi connectivity index (χ0n) is 10.8. The molecule has 3 unspecified atom stereocenters. The van der Waals surface area contributed by atoms with Crippen molar-refractivity contribution in [2.75, 3.05) is 6.61 Å². The van der Waals surface area contributed by atoms with Crippen LogP contribution in [0.2, 0.25) is 0 Å². The van der Waals surface area contributed by atoms with E-state index in [1.807, 2.05) is 0 Å². The van der Waals surface area contributed by atoms with Gasteiger partial charge in [0.25, 0.3) is 0 Å². The maximum Gasteiger partial charge on any atom is 0.311 e. The molecule has 1 N–H and O–H groups in total. The summed E-state index contributed by atoms with van der Waals surface area (Å²) in [7, 11) is 0. The number of hydrogen-bond acceptors (Lipinski definition) is 2. The second-order valence-electron chi connectivity index (χ2n) is 5.93. The Morgan fingerprint density at radius 1 is 1.38 bits per heavy atom. The predicted octanol–water partition coefficient (Wildman–Crippen LogP) is 2.94. The minimum atomic E-state index is -0.788. The van der Waals surface area contributed by atoms with Gasteiger partial charge in [0.05, 0.1) is 18.1 Å². The van der Waals surface area contributed by atoms with E-state index in [0.29, 0.717) is 18.4 Å². The molecule has 1 aliphatic carbocycles. The minimum absolute atomic E-state index is 0.238. The smallest absolute Gasteiger partial charge is 0.311 e. The topological polar surface area (TPSA) is 46.5 Å². The summed E-state index contributed by atoms with van der Waals surface area (Å²) in [6, 6.07) is 0. The first-order chi connectivity index (χ1) is 7.33. The highest BCUT2D eigenvalue weighted by atomic mass is 16.5. The molecule has 0 heterocycles. The number of carbonyl (C=O) groups is 1. The van der Waals surface area contributed by atoms with Crippen LogP contribution in [-0.4, -0.2) is 23.8 Å². The lowest BCUT2D eigenvalue weighted by molar-refractivity contribution is -0.153. The molecule has 0 radical (unpaired) electrons. The molecule has 1 rings (SSSR count). The summed E-state index contributed by atoms with van der Waals surface area (Å²) < 4.78 is 5.81. The van der Waals surface area contributed by atoms with Crippen LogP contribution in [0.5, 0.6) is 0 Å². The van der Waals surface area contributed by atoms with Crippen molar-refractivity contribution in [2.24, 2.45) is 17.3 Å². The Hall–Kier alpha value is -0.570. The van der Waals surface area contributed by atoms with Gasteiger partial charge in [0.1, 0.15) is 0 Å². The van der Waals surface area contributed by atoms with E-state index in [4.69, 9.17) is 9.84 Å². The molecule has 0 aliphatic heterocycles. The predicted molar refractivity (Wildman–Crippen MR) is 63.3 cm³/mol. The zero-order chi connectivity index (χ0) is 12.3. The molecule has 1 aliphatic rings. The number of ether oxygens (including phenoxy) is 1. The fraction of sp³-hybridized carbons (Fsp3) is 0.923. The largest absolute Gasteiger partial charge is 0.481 e. The Morgan fingerprint density at radius 2 is 2.00 bits per heavy atom. The van der Waals surface area contributed by atoms with E-state index in [9.17, 15) is 4.79 Å². The molecule has 0 amide bonds. The Bertz CT molecular complexity index is 248. The van der Waals surface area contributed by atoms with Gasteiger partial charge in [-0.25, -0.2) is 0 Å². The lowest BCUT2D eigenvalue weighted by Gasteiger charge is -2.34. The van der Waals surface area contributed by atoms with Gasteiger partial charge in [-0.1, -0.05) is 20.3 Å². The standard InChI is InChI=1S/C13H24O3/c1-9-5-6-10(2)11(7-9)16-8-13(3,4)12(14)15/h9-11H,5-8H2,1-4H3,(H,14,15). The summed E-state index contributed by atoms with van der Waals surface area (Å²) in [6.45, 7) is 8.18. The highest BCUT2D eigenvalue weighted by Gasteiger charge is 2.32. The molecule has 0 aromatic carbocycles. The van der Waals surface area contributed by atoms with Crippen LogP contribution < -0.4 is 0 Å². The molecule has 3 atom stereocenters. The Kier molecular flexibility index (Phi) is 4.36. The molecule has 0 spiro atoms. The summed E-state index contributed by atoms with van der Waals surface area (Å²) >= 11 is 0. The molecule has 1 fully saturated rings. The monoisotopic (exact) mass is 228 g/mol. The van der Waals surface area contributed by atoms with Crippen LogP contribution in [0.3, 0.4) is 0 Å². The third-order valence-corrected chi connectivity index (χ3v) is 3.62. The molecular formula is C13H24O3. The van der Waals surface area contributed by atoms with Crippen LogP contribution in [0.15, 0.2) is 0 Å². The summed E-state index contributed by atoms with van der Waals surface area (Å²) in [5.74, 6) is 0.471. The van der Waals surface area contributed by atoms with Gasteiger partial charge < -0.3 is 9.84 Å². The lowest BCUT2D eigenvalue weighted by Crippen LogP contribution is -2.36. The van der Waals surface area contributed by atoms with Crippen LogP contribution in [-0.2, 0) is 9.53 Å². The third-order valence-electron chi connectivity index (χ3n) is 3.62. The van der Waals surface area contributed by atoms with Crippen molar-refractivity contribution in [2.45, 2.75) is 53.1 Å². The SMILES string of the molecule is CC1CCC(C)C(OCC(C)(C)C(=O)O)C1. The summed E-state index contributed by atoms with van der Waals surface area (Å²) in [5.41, 5.74) is -0.777. The van der Waals surface area contributed by atoms with E-state index in [1.165, 1.54) is 12.8 Å². The summed E-state index contributed by atoms with van der Waals surface area (Å²) in [6.07, 6.45) is 3.77. The molecular weight excluding hydrogens is 204 g/mol. The molecule has 0 aromatic rings. The van der Waals surface area contributed by atoms with Gasteiger partial charge >= 0.3 is 5.97 Å². The number of rotatable bonds is 4. The average molecular weight is 228 g/mol. The number of aliphatic carboxylic acids is 1. The number of carboxylic acid groups (broad SMARTS) is 1. The van der Waals surface area contributed by atoms with Crippen molar-refractivity contribution in [3.05, 3.63) is 0 Å². The lowest BCUT2D eigenvalue weighted by atomic mass is 9.81. The van der Waals surface area contributed by atoms with E-state index < -0.39 is 11.4 Å². The Labute approximate surface area is 98.2 Å². The van der Waals surface area contributed by atoms with Gasteiger partial charge in [0, 0.05) is 0 Å². The molecule has 0 bridgehead atoms. The molecule has 0 saturated heterocycles. The van der Waals surface area contributed by atoms with Crippen LogP contribution >= 0.6 is 0 Å². The normalized spacial score (nSPS) is 31.4. The molecule has 0 aromatic heterocycles. The van der Waals surface area contributed by atoms with Gasteiger partial charge in [0.2, 0.25) is 0 Å². The second-order valence-corrected chi connectivity index (χ2v) is 5.93. The molecule has 94 valence electrons. The van der Waals surface area contributed by atoms with E-state index >= 15 is 0 Å². The van der Waals surface area contributed by atoms with Gasteiger partial charge in [-0.15, -0.1) is 0 Å². The number of hydrogen-bond donors (Lipinski definition) is 1. The van der Waals surface area contributed by atoms with Gasteiger partial charge in [-0.3, -0.25) is 4.79 Å². The van der Waals surface area contributed by atoms with Crippen molar-refractivity contribution in [3.63, 3.8) is 0 Å². The van der Waals surface area contributed by atoms with E-state index in [0.717, 1.165) is 6.42 Å². The molecule has 16 heavy (non-hydrogen) atoms. The van der Waals surface area contributed by atoms with Crippen molar-refractivity contribution >= 4 is 5.97 Å². The van der Waals surface area contributed by atoms with Gasteiger partial charge in [0.15, 0.2) is 0 Å². The maximum atomic E-state index is 11.0. The minimum Gasteiger partial charge on any atom is -0.481 e. The zero-order valence-corrected chi connectivity index (χ0v) is 10.8. The van der Waals surface area contributed by atoms with E-state index in [1.54, 1.807) is 13.8 Å². The first kappa shape index (κ1) is 13.5. The maximum absolute atomic E-state index is 11.0. The van der Waals surface area contributed by atoms with Crippen molar-refractivity contribution in [1.82, 2.24) is 0 Å². The first-order valence-corrected chi connectivity index (χ1v) is 6.18. The van der Waals surface area contributed by atoms with Crippen LogP contribution in [0, 0.1) is 17.3 Å². The first-order valence-electron chi connectivity index (χ1n) is 6.18. The highest BCUT2D eigenvalue weighted by molar-refractivity contribution is 5.73. The third kappa shape index (κ3) is 3.48. The second kappa shape index (κ2) is 5.17. The highest BCUT2D eigenvalue weighted by Crippen LogP contribution is 2.31. The van der Waals surface area contributed by atoms with Crippen molar-refractivity contribution < 1.29 is 14.6 Å². The van der Waals surface area contributed by atoms with E-state index in [-0.39, 0.29) is 6.10 Å². The van der Waals surface area contributed by atoms with Crippen LogP contribution in [0.4, 0.5) is 0 Å². The van der Waals surface area contributed by atoms with Crippen LogP contribution in [0.25, 0.3) is 0 Å². The fourth-order valence-corrected chi connectivity index (χ4v) is 2.09. The summed E-state index contributed by atoms with van der Waals surface area (Å²) in [4.78, 5) is 11.0. The molecule has 1 saturated carbocycles. The van der Waals surface area contributed by atoms with Crippen molar-refractivity contribution in [1.29, 1.82) is 0 Å². The molecule has 3 nitrogen and oxygen atoms in total.